The Hall–Kier alpha value is -2.09. The molecule has 1 aliphatic carbocycles. The van der Waals surface area contributed by atoms with E-state index in [2.05, 4.69) is 15.5 Å². The second-order valence-corrected chi connectivity index (χ2v) is 5.76. The highest BCUT2D eigenvalue weighted by atomic mass is 32.1. The summed E-state index contributed by atoms with van der Waals surface area (Å²) < 4.78 is 4.93. The third-order valence-corrected chi connectivity index (χ3v) is 4.42. The molecule has 0 aromatic carbocycles. The molecule has 2 aromatic rings. The van der Waals surface area contributed by atoms with Crippen LogP contribution in [0.15, 0.2) is 10.9 Å². The maximum Gasteiger partial charge on any atom is 0.260 e. The van der Waals surface area contributed by atoms with Gasteiger partial charge in [0.25, 0.3) is 5.91 Å². The van der Waals surface area contributed by atoms with Crippen molar-refractivity contribution in [2.75, 3.05) is 17.6 Å². The van der Waals surface area contributed by atoms with Crippen LogP contribution in [0.4, 0.5) is 10.7 Å². The first-order chi connectivity index (χ1) is 9.66. The molecule has 0 bridgehead atoms. The zero-order valence-corrected chi connectivity index (χ0v) is 11.6. The molecule has 0 radical (unpaired) electrons. The van der Waals surface area contributed by atoms with Gasteiger partial charge in [-0.05, 0) is 18.8 Å². The molecule has 1 aliphatic rings. The minimum Gasteiger partial charge on any atom is -0.397 e. The highest BCUT2D eigenvalue weighted by molar-refractivity contribution is 7.18. The molecule has 2 aromatic heterocycles. The highest BCUT2D eigenvalue weighted by Crippen LogP contribution is 2.50. The SMILES string of the molecule is NC(=O)c1sc(NCCc2ncno2)c(C2CC2)c1N. The van der Waals surface area contributed by atoms with Gasteiger partial charge in [-0.15, -0.1) is 11.3 Å². The fourth-order valence-corrected chi connectivity index (χ4v) is 3.22. The molecule has 7 nitrogen and oxygen atoms in total. The van der Waals surface area contributed by atoms with E-state index in [1.807, 2.05) is 0 Å². The number of nitrogen functional groups attached to an aromatic ring is 1. The number of hydrogen-bond acceptors (Lipinski definition) is 7. The largest absolute Gasteiger partial charge is 0.397 e. The zero-order chi connectivity index (χ0) is 14.1. The first-order valence-corrected chi connectivity index (χ1v) is 7.20. The molecule has 1 saturated carbocycles. The van der Waals surface area contributed by atoms with Crippen molar-refractivity contribution in [3.05, 3.63) is 22.7 Å². The first-order valence-electron chi connectivity index (χ1n) is 6.38. The van der Waals surface area contributed by atoms with Gasteiger partial charge in [-0.25, -0.2) is 0 Å². The standard InChI is InChI=1S/C12H15N5O2S/c13-9-8(6-1-2-6)12(20-10(9)11(14)18)15-4-3-7-16-5-17-19-7/h5-6,15H,1-4,13H2,(H2,14,18). The molecule has 20 heavy (non-hydrogen) atoms. The van der Waals surface area contributed by atoms with Crippen LogP contribution in [-0.2, 0) is 6.42 Å². The average molecular weight is 293 g/mol. The Kier molecular flexibility index (Phi) is 3.31. The number of nitrogens with one attached hydrogen (secondary N) is 1. The molecule has 3 rings (SSSR count). The molecule has 106 valence electrons. The normalized spacial score (nSPS) is 14.4. The summed E-state index contributed by atoms with van der Waals surface area (Å²) in [5.74, 6) is 0.551. The molecule has 0 atom stereocenters. The lowest BCUT2D eigenvalue weighted by molar-refractivity contribution is 0.100. The van der Waals surface area contributed by atoms with Crippen molar-refractivity contribution in [3.8, 4) is 0 Å². The predicted molar refractivity (Wildman–Crippen MR) is 75.7 cm³/mol. The van der Waals surface area contributed by atoms with E-state index in [4.69, 9.17) is 16.0 Å². The Morgan fingerprint density at radius 2 is 2.35 bits per heavy atom. The number of nitrogens with two attached hydrogens (primary N) is 2. The van der Waals surface area contributed by atoms with Crippen molar-refractivity contribution in [1.82, 2.24) is 10.1 Å². The van der Waals surface area contributed by atoms with E-state index in [1.54, 1.807) is 0 Å². The molecule has 0 aliphatic heterocycles. The third kappa shape index (κ3) is 2.46. The number of carbonyl (C=O) groups is 1. The van der Waals surface area contributed by atoms with Gasteiger partial charge < -0.3 is 21.3 Å². The van der Waals surface area contributed by atoms with E-state index < -0.39 is 5.91 Å². The van der Waals surface area contributed by atoms with Crippen LogP contribution in [0.25, 0.3) is 0 Å². The summed E-state index contributed by atoms with van der Waals surface area (Å²) in [4.78, 5) is 15.8. The van der Waals surface area contributed by atoms with Gasteiger partial charge in [0.2, 0.25) is 5.89 Å². The van der Waals surface area contributed by atoms with Crippen molar-refractivity contribution in [2.24, 2.45) is 5.73 Å². The summed E-state index contributed by atoms with van der Waals surface area (Å²) in [6.45, 7) is 0.639. The monoisotopic (exact) mass is 293 g/mol. The van der Waals surface area contributed by atoms with E-state index in [1.165, 1.54) is 17.7 Å². The van der Waals surface area contributed by atoms with Crippen molar-refractivity contribution in [3.63, 3.8) is 0 Å². The van der Waals surface area contributed by atoms with E-state index in [0.717, 1.165) is 23.4 Å². The molecule has 0 spiro atoms. The predicted octanol–water partition coefficient (Wildman–Crippen LogP) is 1.34. The zero-order valence-electron chi connectivity index (χ0n) is 10.8. The van der Waals surface area contributed by atoms with Crippen LogP contribution in [0, 0.1) is 0 Å². The number of thiophene rings is 1. The number of aromatic nitrogens is 2. The van der Waals surface area contributed by atoms with Gasteiger partial charge in [0.15, 0.2) is 6.33 Å². The number of rotatable bonds is 6. The maximum absolute atomic E-state index is 11.4. The third-order valence-electron chi connectivity index (χ3n) is 3.22. The Labute approximate surface area is 119 Å². The van der Waals surface area contributed by atoms with Crippen LogP contribution >= 0.6 is 11.3 Å². The molecule has 5 N–H and O–H groups in total. The highest BCUT2D eigenvalue weighted by Gasteiger charge is 2.32. The van der Waals surface area contributed by atoms with Crippen molar-refractivity contribution in [1.29, 1.82) is 0 Å². The van der Waals surface area contributed by atoms with Crippen molar-refractivity contribution < 1.29 is 9.32 Å². The summed E-state index contributed by atoms with van der Waals surface area (Å²) in [5.41, 5.74) is 13.0. The van der Waals surface area contributed by atoms with Crippen LogP contribution in [0.5, 0.6) is 0 Å². The molecule has 2 heterocycles. The second-order valence-electron chi connectivity index (χ2n) is 4.74. The van der Waals surface area contributed by atoms with Gasteiger partial charge in [-0.2, -0.15) is 4.98 Å². The van der Waals surface area contributed by atoms with Gasteiger partial charge in [0, 0.05) is 18.5 Å². The van der Waals surface area contributed by atoms with Crippen LogP contribution in [-0.4, -0.2) is 22.6 Å². The lowest BCUT2D eigenvalue weighted by Gasteiger charge is -2.05. The molecular weight excluding hydrogens is 278 g/mol. The quantitative estimate of drug-likeness (QED) is 0.739. The number of nitrogens with zero attached hydrogens (tertiary/aromatic N) is 2. The fourth-order valence-electron chi connectivity index (χ4n) is 2.14. The van der Waals surface area contributed by atoms with Gasteiger partial charge in [-0.1, -0.05) is 5.16 Å². The molecule has 1 fully saturated rings. The van der Waals surface area contributed by atoms with Gasteiger partial charge in [0.05, 0.1) is 10.7 Å². The number of primary amides is 1. The summed E-state index contributed by atoms with van der Waals surface area (Å²) in [5, 5.41) is 7.77. The van der Waals surface area contributed by atoms with E-state index in [0.29, 0.717) is 35.3 Å². The lowest BCUT2D eigenvalue weighted by Crippen LogP contribution is -2.11. The number of amides is 1. The minimum atomic E-state index is -0.473. The van der Waals surface area contributed by atoms with Crippen molar-refractivity contribution >= 4 is 27.9 Å². The van der Waals surface area contributed by atoms with Gasteiger partial charge >= 0.3 is 0 Å². The number of anilines is 2. The topological polar surface area (TPSA) is 120 Å². The summed E-state index contributed by atoms with van der Waals surface area (Å²) in [7, 11) is 0. The Morgan fingerprint density at radius 3 is 2.95 bits per heavy atom. The molecular formula is C12H15N5O2S. The maximum atomic E-state index is 11.4. The van der Waals surface area contributed by atoms with Gasteiger partial charge in [-0.3, -0.25) is 4.79 Å². The smallest absolute Gasteiger partial charge is 0.260 e. The van der Waals surface area contributed by atoms with Crippen LogP contribution in [0.1, 0.15) is 39.9 Å². The molecule has 8 heteroatoms. The Bertz CT molecular complexity index is 618. The molecule has 0 saturated heterocycles. The number of carbonyl (C=O) groups excluding carboxylic acids is 1. The van der Waals surface area contributed by atoms with Crippen LogP contribution < -0.4 is 16.8 Å². The van der Waals surface area contributed by atoms with Crippen LogP contribution in [0.2, 0.25) is 0 Å². The minimum absolute atomic E-state index is 0.437. The van der Waals surface area contributed by atoms with E-state index >= 15 is 0 Å². The second kappa shape index (κ2) is 5.12. The average Bonchev–Trinajstić information content (AvgIpc) is 2.98. The van der Waals surface area contributed by atoms with Gasteiger partial charge in [0.1, 0.15) is 4.88 Å². The molecule has 0 unspecified atom stereocenters. The molecule has 1 amide bonds. The van der Waals surface area contributed by atoms with E-state index in [-0.39, 0.29) is 0 Å². The first kappa shape index (κ1) is 12.9. The summed E-state index contributed by atoms with van der Waals surface area (Å²) >= 11 is 1.32. The lowest BCUT2D eigenvalue weighted by atomic mass is 10.1. The van der Waals surface area contributed by atoms with Crippen molar-refractivity contribution in [2.45, 2.75) is 25.2 Å². The van der Waals surface area contributed by atoms with Crippen LogP contribution in [0.3, 0.4) is 0 Å². The summed E-state index contributed by atoms with van der Waals surface area (Å²) in [6, 6.07) is 0. The Morgan fingerprint density at radius 1 is 1.55 bits per heavy atom. The number of hydrogen-bond donors (Lipinski definition) is 3. The Balaban J connectivity index is 1.74. The summed E-state index contributed by atoms with van der Waals surface area (Å²) in [6.07, 6.45) is 4.21. The fraction of sp³-hybridized carbons (Fsp3) is 0.417. The van der Waals surface area contributed by atoms with E-state index in [9.17, 15) is 4.79 Å².